The number of rotatable bonds is 4. The summed E-state index contributed by atoms with van der Waals surface area (Å²) in [6.45, 7) is 5.08. The molecule has 0 spiro atoms. The van der Waals surface area contributed by atoms with Crippen molar-refractivity contribution >= 4 is 5.97 Å². The smallest absolute Gasteiger partial charge is 0.334 e. The summed E-state index contributed by atoms with van der Waals surface area (Å²) in [5.74, 6) is 0.722. The Morgan fingerprint density at radius 3 is 2.67 bits per heavy atom. The first-order valence-electron chi connectivity index (χ1n) is 6.16. The van der Waals surface area contributed by atoms with E-state index in [4.69, 9.17) is 14.3 Å². The Balaban J connectivity index is 2.26. The van der Waals surface area contributed by atoms with E-state index in [1.165, 1.54) is 0 Å². The number of ether oxygens (including phenoxy) is 1. The van der Waals surface area contributed by atoms with E-state index >= 15 is 0 Å². The predicted molar refractivity (Wildman–Crippen MR) is 65.7 cm³/mol. The van der Waals surface area contributed by atoms with Gasteiger partial charge in [-0.2, -0.15) is 0 Å². The Bertz CT molecular complexity index is 452. The van der Waals surface area contributed by atoms with Crippen LogP contribution in [0.15, 0.2) is 28.7 Å². The summed E-state index contributed by atoms with van der Waals surface area (Å²) < 4.78 is 11.1. The normalized spacial score (nSPS) is 17.7. The fourth-order valence-electron chi connectivity index (χ4n) is 2.32. The second-order valence-corrected chi connectivity index (χ2v) is 4.80. The van der Waals surface area contributed by atoms with E-state index in [0.29, 0.717) is 17.1 Å². The minimum Gasteiger partial charge on any atom is -0.459 e. The maximum atomic E-state index is 11.7. The van der Waals surface area contributed by atoms with E-state index in [0.717, 1.165) is 25.7 Å². The molecular weight excluding hydrogens is 232 g/mol. The molecule has 1 aromatic heterocycles. The molecule has 0 saturated heterocycles. The molecule has 0 amide bonds. The molecular formula is C14H18O4. The molecule has 1 saturated carbocycles. The van der Waals surface area contributed by atoms with Crippen LogP contribution in [0.5, 0.6) is 0 Å². The van der Waals surface area contributed by atoms with E-state index in [1.807, 2.05) is 0 Å². The predicted octanol–water partition coefficient (Wildman–Crippen LogP) is 2.66. The number of aliphatic hydroxyl groups is 1. The third kappa shape index (κ3) is 2.34. The molecule has 4 nitrogen and oxygen atoms in total. The van der Waals surface area contributed by atoms with Crippen LogP contribution in [0.3, 0.4) is 0 Å². The third-order valence-electron chi connectivity index (χ3n) is 3.31. The van der Waals surface area contributed by atoms with Crippen LogP contribution in [-0.2, 0) is 21.7 Å². The van der Waals surface area contributed by atoms with Crippen LogP contribution in [0.4, 0.5) is 0 Å². The van der Waals surface area contributed by atoms with Crippen molar-refractivity contribution in [1.82, 2.24) is 0 Å². The van der Waals surface area contributed by atoms with Gasteiger partial charge in [-0.1, -0.05) is 6.58 Å². The zero-order valence-electron chi connectivity index (χ0n) is 10.6. The van der Waals surface area contributed by atoms with Crippen LogP contribution in [0.25, 0.3) is 0 Å². The van der Waals surface area contributed by atoms with Gasteiger partial charge in [-0.05, 0) is 44.7 Å². The number of aliphatic hydroxyl groups excluding tert-OH is 1. The van der Waals surface area contributed by atoms with Crippen LogP contribution in [-0.4, -0.2) is 11.1 Å². The minimum atomic E-state index is -0.677. The Hall–Kier alpha value is -1.55. The molecule has 1 aliphatic carbocycles. The lowest BCUT2D eigenvalue weighted by atomic mass is 9.98. The van der Waals surface area contributed by atoms with Gasteiger partial charge in [0, 0.05) is 5.57 Å². The van der Waals surface area contributed by atoms with E-state index in [2.05, 4.69) is 6.58 Å². The fraction of sp³-hybridized carbons (Fsp3) is 0.500. The van der Waals surface area contributed by atoms with Crippen LogP contribution in [0.2, 0.25) is 0 Å². The quantitative estimate of drug-likeness (QED) is 0.659. The highest BCUT2D eigenvalue weighted by Gasteiger charge is 2.42. The first-order chi connectivity index (χ1) is 8.57. The lowest BCUT2D eigenvalue weighted by molar-refractivity contribution is -0.157. The molecule has 4 heteroatoms. The lowest BCUT2D eigenvalue weighted by Crippen LogP contribution is -2.29. The van der Waals surface area contributed by atoms with Crippen molar-refractivity contribution in [2.24, 2.45) is 0 Å². The fourth-order valence-corrected chi connectivity index (χ4v) is 2.32. The molecule has 18 heavy (non-hydrogen) atoms. The molecule has 1 aliphatic rings. The van der Waals surface area contributed by atoms with Gasteiger partial charge in [-0.3, -0.25) is 0 Å². The first-order valence-corrected chi connectivity index (χ1v) is 6.16. The molecule has 1 heterocycles. The Kier molecular flexibility index (Phi) is 3.57. The number of esters is 1. The SMILES string of the molecule is C=C(C)C(=O)OC1(c2ccc(CO)o2)CCCC1. The van der Waals surface area contributed by atoms with Crippen molar-refractivity contribution in [3.05, 3.63) is 35.8 Å². The molecule has 2 rings (SSSR count). The molecule has 98 valence electrons. The molecule has 0 aliphatic heterocycles. The highest BCUT2D eigenvalue weighted by molar-refractivity contribution is 5.87. The summed E-state index contributed by atoms with van der Waals surface area (Å²) in [6, 6.07) is 3.49. The van der Waals surface area contributed by atoms with Crippen molar-refractivity contribution in [3.8, 4) is 0 Å². The number of hydrogen-bond acceptors (Lipinski definition) is 4. The monoisotopic (exact) mass is 250 g/mol. The van der Waals surface area contributed by atoms with Crippen LogP contribution < -0.4 is 0 Å². The van der Waals surface area contributed by atoms with Crippen molar-refractivity contribution in [2.75, 3.05) is 0 Å². The summed E-state index contributed by atoms with van der Waals surface area (Å²) >= 11 is 0. The largest absolute Gasteiger partial charge is 0.459 e. The molecule has 1 fully saturated rings. The van der Waals surface area contributed by atoms with Crippen LogP contribution >= 0.6 is 0 Å². The molecule has 0 aromatic carbocycles. The lowest BCUT2D eigenvalue weighted by Gasteiger charge is -2.27. The van der Waals surface area contributed by atoms with Crippen molar-refractivity contribution in [2.45, 2.75) is 44.8 Å². The van der Waals surface area contributed by atoms with E-state index < -0.39 is 5.60 Å². The van der Waals surface area contributed by atoms with Crippen LogP contribution in [0, 0.1) is 0 Å². The summed E-state index contributed by atoms with van der Waals surface area (Å²) in [5, 5.41) is 9.03. The highest BCUT2D eigenvalue weighted by Crippen LogP contribution is 2.43. The van der Waals surface area contributed by atoms with Gasteiger partial charge in [0.25, 0.3) is 0 Å². The molecule has 0 bridgehead atoms. The molecule has 0 atom stereocenters. The Morgan fingerprint density at radius 2 is 2.17 bits per heavy atom. The van der Waals surface area contributed by atoms with Crippen molar-refractivity contribution < 1.29 is 19.1 Å². The number of furan rings is 1. The van der Waals surface area contributed by atoms with E-state index in [-0.39, 0.29) is 12.6 Å². The zero-order chi connectivity index (χ0) is 13.2. The summed E-state index contributed by atoms with van der Waals surface area (Å²) in [6.07, 6.45) is 3.51. The third-order valence-corrected chi connectivity index (χ3v) is 3.31. The molecule has 0 radical (unpaired) electrons. The maximum absolute atomic E-state index is 11.7. The van der Waals surface area contributed by atoms with Crippen molar-refractivity contribution in [1.29, 1.82) is 0 Å². The summed E-state index contributed by atoms with van der Waals surface area (Å²) in [4.78, 5) is 11.7. The van der Waals surface area contributed by atoms with E-state index in [1.54, 1.807) is 19.1 Å². The van der Waals surface area contributed by atoms with E-state index in [9.17, 15) is 4.79 Å². The van der Waals surface area contributed by atoms with Gasteiger partial charge in [0.1, 0.15) is 18.1 Å². The van der Waals surface area contributed by atoms with Gasteiger partial charge < -0.3 is 14.3 Å². The average molecular weight is 250 g/mol. The van der Waals surface area contributed by atoms with Gasteiger partial charge in [0.05, 0.1) is 0 Å². The highest BCUT2D eigenvalue weighted by atomic mass is 16.6. The van der Waals surface area contributed by atoms with Gasteiger partial charge in [-0.15, -0.1) is 0 Å². The van der Waals surface area contributed by atoms with Crippen molar-refractivity contribution in [3.63, 3.8) is 0 Å². The summed E-state index contributed by atoms with van der Waals surface area (Å²) in [7, 11) is 0. The standard InChI is InChI=1S/C14H18O4/c1-10(2)13(16)18-14(7-3-4-8-14)12-6-5-11(9-15)17-12/h5-6,15H,1,3-4,7-9H2,2H3. The van der Waals surface area contributed by atoms with Gasteiger partial charge in [0.15, 0.2) is 5.60 Å². The first kappa shape index (κ1) is 12.9. The Morgan fingerprint density at radius 1 is 1.50 bits per heavy atom. The molecule has 1 aromatic rings. The van der Waals surface area contributed by atoms with Gasteiger partial charge in [-0.25, -0.2) is 4.79 Å². The number of carbonyl (C=O) groups is 1. The van der Waals surface area contributed by atoms with Crippen LogP contribution in [0.1, 0.15) is 44.1 Å². The zero-order valence-corrected chi connectivity index (χ0v) is 10.6. The Labute approximate surface area is 106 Å². The average Bonchev–Trinajstić information content (AvgIpc) is 2.97. The van der Waals surface area contributed by atoms with Gasteiger partial charge in [0.2, 0.25) is 0 Å². The second kappa shape index (κ2) is 4.98. The van der Waals surface area contributed by atoms with Gasteiger partial charge >= 0.3 is 5.97 Å². The molecule has 1 N–H and O–H groups in total. The topological polar surface area (TPSA) is 59.7 Å². The molecule has 0 unspecified atom stereocenters. The minimum absolute atomic E-state index is 0.148. The number of carbonyl (C=O) groups excluding carboxylic acids is 1. The second-order valence-electron chi connectivity index (χ2n) is 4.80. The summed E-state index contributed by atoms with van der Waals surface area (Å²) in [5.41, 5.74) is -0.293. The number of hydrogen-bond donors (Lipinski definition) is 1. The maximum Gasteiger partial charge on any atom is 0.334 e.